The van der Waals surface area contributed by atoms with E-state index in [9.17, 15) is 0 Å². The van der Waals surface area contributed by atoms with Crippen molar-refractivity contribution in [3.63, 3.8) is 0 Å². The summed E-state index contributed by atoms with van der Waals surface area (Å²) in [5.74, 6) is 6.72. The van der Waals surface area contributed by atoms with Gasteiger partial charge in [0.15, 0.2) is 0 Å². The molecule has 0 bridgehead atoms. The van der Waals surface area contributed by atoms with E-state index in [1.54, 1.807) is 7.11 Å². The minimum Gasteiger partial charge on any atom is -0.496 e. The lowest BCUT2D eigenvalue weighted by atomic mass is 9.93. The van der Waals surface area contributed by atoms with Crippen LogP contribution in [0.15, 0.2) is 36.4 Å². The molecule has 0 aromatic heterocycles. The van der Waals surface area contributed by atoms with Gasteiger partial charge in [-0.05, 0) is 55.5 Å². The molecule has 112 valence electrons. The summed E-state index contributed by atoms with van der Waals surface area (Å²) in [6.45, 7) is 6.26. The summed E-state index contributed by atoms with van der Waals surface area (Å²) in [5.41, 5.74) is 9.04. The zero-order chi connectivity index (χ0) is 15.4. The van der Waals surface area contributed by atoms with Gasteiger partial charge in [0, 0.05) is 0 Å². The second kappa shape index (κ2) is 6.74. The van der Waals surface area contributed by atoms with Crippen LogP contribution in [0.3, 0.4) is 0 Å². The van der Waals surface area contributed by atoms with Crippen LogP contribution in [0.4, 0.5) is 0 Å². The molecule has 0 saturated carbocycles. The predicted octanol–water partition coefficient (Wildman–Crippen LogP) is 3.37. The normalized spacial score (nSPS) is 12.2. The maximum absolute atomic E-state index is 5.80. The van der Waals surface area contributed by atoms with Crippen molar-refractivity contribution < 1.29 is 4.74 Å². The van der Waals surface area contributed by atoms with E-state index < -0.39 is 0 Å². The highest BCUT2D eigenvalue weighted by Crippen LogP contribution is 2.28. The van der Waals surface area contributed by atoms with Gasteiger partial charge in [-0.1, -0.05) is 35.9 Å². The molecule has 0 aliphatic rings. The van der Waals surface area contributed by atoms with Gasteiger partial charge in [-0.15, -0.1) is 0 Å². The van der Waals surface area contributed by atoms with Crippen LogP contribution in [0.5, 0.6) is 5.75 Å². The number of hydrogen-bond acceptors (Lipinski definition) is 3. The van der Waals surface area contributed by atoms with Crippen LogP contribution in [-0.2, 0) is 6.42 Å². The Morgan fingerprint density at radius 1 is 1.10 bits per heavy atom. The van der Waals surface area contributed by atoms with Crippen LogP contribution in [0.1, 0.15) is 33.9 Å². The van der Waals surface area contributed by atoms with Gasteiger partial charge < -0.3 is 4.74 Å². The number of ether oxygens (including phenoxy) is 1. The fourth-order valence-electron chi connectivity index (χ4n) is 2.74. The molecule has 0 fully saturated rings. The predicted molar refractivity (Wildman–Crippen MR) is 87.4 cm³/mol. The molecule has 0 aliphatic carbocycles. The van der Waals surface area contributed by atoms with Crippen molar-refractivity contribution in [2.24, 2.45) is 5.84 Å². The molecular weight excluding hydrogens is 260 g/mol. The van der Waals surface area contributed by atoms with Gasteiger partial charge >= 0.3 is 0 Å². The number of rotatable bonds is 5. The largest absolute Gasteiger partial charge is 0.496 e. The van der Waals surface area contributed by atoms with E-state index in [4.69, 9.17) is 10.6 Å². The van der Waals surface area contributed by atoms with E-state index in [-0.39, 0.29) is 6.04 Å². The van der Waals surface area contributed by atoms with E-state index in [1.165, 1.54) is 22.3 Å². The second-order valence-corrected chi connectivity index (χ2v) is 5.59. The van der Waals surface area contributed by atoms with E-state index in [1.807, 2.05) is 0 Å². The lowest BCUT2D eigenvalue weighted by Gasteiger charge is -2.20. The van der Waals surface area contributed by atoms with E-state index in [0.29, 0.717) is 0 Å². The average molecular weight is 284 g/mol. The summed E-state index contributed by atoms with van der Waals surface area (Å²) >= 11 is 0. The minimum atomic E-state index is 0.0939. The van der Waals surface area contributed by atoms with Crippen molar-refractivity contribution >= 4 is 0 Å². The topological polar surface area (TPSA) is 47.3 Å². The van der Waals surface area contributed by atoms with Crippen molar-refractivity contribution in [1.82, 2.24) is 5.43 Å². The van der Waals surface area contributed by atoms with E-state index in [2.05, 4.69) is 62.6 Å². The Morgan fingerprint density at radius 2 is 1.86 bits per heavy atom. The van der Waals surface area contributed by atoms with Crippen LogP contribution < -0.4 is 16.0 Å². The molecule has 2 aromatic rings. The van der Waals surface area contributed by atoms with Crippen molar-refractivity contribution in [1.29, 1.82) is 0 Å². The third kappa shape index (κ3) is 3.63. The van der Waals surface area contributed by atoms with Crippen molar-refractivity contribution in [2.75, 3.05) is 7.11 Å². The first-order valence-electron chi connectivity index (χ1n) is 7.22. The third-order valence-electron chi connectivity index (χ3n) is 3.88. The van der Waals surface area contributed by atoms with Crippen molar-refractivity contribution in [3.05, 3.63) is 64.2 Å². The Hall–Kier alpha value is -1.84. The molecule has 0 spiro atoms. The average Bonchev–Trinajstić information content (AvgIpc) is 2.47. The molecule has 0 radical (unpaired) electrons. The van der Waals surface area contributed by atoms with Crippen LogP contribution in [0.2, 0.25) is 0 Å². The summed E-state index contributed by atoms with van der Waals surface area (Å²) < 4.78 is 5.38. The first-order valence-corrected chi connectivity index (χ1v) is 7.22. The van der Waals surface area contributed by atoms with Crippen molar-refractivity contribution in [3.8, 4) is 5.75 Å². The summed E-state index contributed by atoms with van der Waals surface area (Å²) in [7, 11) is 1.70. The summed E-state index contributed by atoms with van der Waals surface area (Å²) in [6, 6.07) is 12.9. The summed E-state index contributed by atoms with van der Waals surface area (Å²) in [5, 5.41) is 0. The maximum atomic E-state index is 5.80. The third-order valence-corrected chi connectivity index (χ3v) is 3.88. The molecule has 1 atom stereocenters. The van der Waals surface area contributed by atoms with Gasteiger partial charge in [0.05, 0.1) is 13.2 Å². The zero-order valence-corrected chi connectivity index (χ0v) is 13.2. The monoisotopic (exact) mass is 284 g/mol. The molecule has 0 heterocycles. The highest BCUT2D eigenvalue weighted by atomic mass is 16.5. The number of hydrogen-bond donors (Lipinski definition) is 2. The van der Waals surface area contributed by atoms with Gasteiger partial charge in [-0.3, -0.25) is 11.3 Å². The van der Waals surface area contributed by atoms with Gasteiger partial charge in [0.2, 0.25) is 0 Å². The van der Waals surface area contributed by atoms with E-state index in [0.717, 1.165) is 17.7 Å². The smallest absolute Gasteiger partial charge is 0.122 e. The second-order valence-electron chi connectivity index (χ2n) is 5.59. The van der Waals surface area contributed by atoms with Gasteiger partial charge in [0.1, 0.15) is 5.75 Å². The maximum Gasteiger partial charge on any atom is 0.122 e. The SMILES string of the molecule is COc1cc(C)c(C(Cc2cccc(C)c2)NN)cc1C. The lowest BCUT2D eigenvalue weighted by Crippen LogP contribution is -2.30. The Balaban J connectivity index is 2.31. The Morgan fingerprint density at radius 3 is 2.48 bits per heavy atom. The number of benzene rings is 2. The Labute approximate surface area is 127 Å². The highest BCUT2D eigenvalue weighted by Gasteiger charge is 2.15. The van der Waals surface area contributed by atoms with Crippen molar-refractivity contribution in [2.45, 2.75) is 33.2 Å². The number of hydrazine groups is 1. The number of nitrogens with two attached hydrogens (primary N) is 1. The lowest BCUT2D eigenvalue weighted by molar-refractivity contribution is 0.410. The minimum absolute atomic E-state index is 0.0939. The molecule has 3 heteroatoms. The van der Waals surface area contributed by atoms with Crippen LogP contribution in [-0.4, -0.2) is 7.11 Å². The molecule has 2 aromatic carbocycles. The quantitative estimate of drug-likeness (QED) is 0.653. The fourth-order valence-corrected chi connectivity index (χ4v) is 2.74. The first-order chi connectivity index (χ1) is 10.0. The van der Waals surface area contributed by atoms with Gasteiger partial charge in [-0.2, -0.15) is 0 Å². The number of nitrogens with one attached hydrogen (secondary N) is 1. The Kier molecular flexibility index (Phi) is 4.99. The standard InChI is InChI=1S/C18H24N2O/c1-12-6-5-7-15(8-12)11-17(20-19)16-9-14(3)18(21-4)10-13(16)2/h5-10,17,20H,11,19H2,1-4H3. The van der Waals surface area contributed by atoms with Gasteiger partial charge in [-0.25, -0.2) is 0 Å². The molecule has 1 unspecified atom stereocenters. The number of methoxy groups -OCH3 is 1. The fraction of sp³-hybridized carbons (Fsp3) is 0.333. The van der Waals surface area contributed by atoms with Gasteiger partial charge in [0.25, 0.3) is 0 Å². The molecular formula is C18H24N2O. The molecule has 21 heavy (non-hydrogen) atoms. The zero-order valence-electron chi connectivity index (χ0n) is 13.2. The van der Waals surface area contributed by atoms with E-state index >= 15 is 0 Å². The van der Waals surface area contributed by atoms with Crippen LogP contribution in [0, 0.1) is 20.8 Å². The highest BCUT2D eigenvalue weighted by molar-refractivity contribution is 5.43. The molecule has 2 rings (SSSR count). The Bertz CT molecular complexity index is 623. The molecule has 0 aliphatic heterocycles. The molecule has 0 amide bonds. The molecule has 3 N–H and O–H groups in total. The molecule has 0 saturated heterocycles. The summed E-state index contributed by atoms with van der Waals surface area (Å²) in [6.07, 6.45) is 0.866. The number of aryl methyl sites for hydroxylation is 3. The van der Waals surface area contributed by atoms with Crippen LogP contribution in [0.25, 0.3) is 0 Å². The first kappa shape index (κ1) is 15.5. The van der Waals surface area contributed by atoms with Crippen LogP contribution >= 0.6 is 0 Å². The molecule has 3 nitrogen and oxygen atoms in total. The summed E-state index contributed by atoms with van der Waals surface area (Å²) in [4.78, 5) is 0.